The Kier molecular flexibility index (Phi) is 4.57. The van der Waals surface area contributed by atoms with Crippen LogP contribution in [0.5, 0.6) is 5.75 Å². The molecule has 3 heteroatoms. The van der Waals surface area contributed by atoms with Crippen molar-refractivity contribution in [1.82, 2.24) is 9.88 Å². The summed E-state index contributed by atoms with van der Waals surface area (Å²) < 4.78 is 0. The molecule has 0 fully saturated rings. The first-order valence-corrected chi connectivity index (χ1v) is 6.58. The van der Waals surface area contributed by atoms with Crippen LogP contribution < -0.4 is 0 Å². The topological polar surface area (TPSA) is 39.3 Å². The second-order valence-corrected chi connectivity index (χ2v) is 4.74. The number of H-pyrrole nitrogens is 1. The number of rotatable bonds is 5. The lowest BCUT2D eigenvalue weighted by Crippen LogP contribution is -2.26. The van der Waals surface area contributed by atoms with Crippen LogP contribution in [0.2, 0.25) is 0 Å². The fourth-order valence-corrected chi connectivity index (χ4v) is 2.29. The highest BCUT2D eigenvalue weighted by atomic mass is 16.3. The van der Waals surface area contributed by atoms with Gasteiger partial charge in [-0.2, -0.15) is 0 Å². The molecule has 0 atom stereocenters. The Morgan fingerprint density at radius 1 is 1.14 bits per heavy atom. The van der Waals surface area contributed by atoms with Gasteiger partial charge in [0.15, 0.2) is 0 Å². The smallest absolute Gasteiger partial charge is 0.131 e. The first-order valence-electron chi connectivity index (χ1n) is 6.58. The first kappa shape index (κ1) is 14.6. The zero-order valence-corrected chi connectivity index (χ0v) is 11.7. The molecule has 0 radical (unpaired) electrons. The molecule has 0 saturated heterocycles. The van der Waals surface area contributed by atoms with Crippen molar-refractivity contribution in [2.24, 2.45) is 0 Å². The number of fused-ring (bicyclic) bond motifs is 1. The number of hydrogen-bond acceptors (Lipinski definition) is 2. The van der Waals surface area contributed by atoms with Crippen molar-refractivity contribution in [3.05, 3.63) is 29.5 Å². The predicted molar refractivity (Wildman–Crippen MR) is 85.7 cm³/mol. The lowest BCUT2D eigenvalue weighted by molar-refractivity contribution is 0.350. The third-order valence-corrected chi connectivity index (χ3v) is 3.37. The Labute approximate surface area is 125 Å². The average molecular weight is 276 g/mol. The molecule has 0 saturated carbocycles. The second-order valence-electron chi connectivity index (χ2n) is 4.74. The van der Waals surface area contributed by atoms with Crippen molar-refractivity contribution in [2.45, 2.75) is 6.42 Å². The number of aromatic nitrogens is 1. The third-order valence-electron chi connectivity index (χ3n) is 3.37. The molecule has 1 aromatic heterocycles. The second kappa shape index (κ2) is 6.58. The molecule has 3 nitrogen and oxygen atoms in total. The predicted octanol–water partition coefficient (Wildman–Crippen LogP) is 1.97. The van der Waals surface area contributed by atoms with E-state index >= 15 is 0 Å². The molecule has 0 aliphatic heterocycles. The number of benzene rings is 1. The molecule has 0 amide bonds. The third kappa shape index (κ3) is 3.21. The van der Waals surface area contributed by atoms with E-state index in [4.69, 9.17) is 19.3 Å². The van der Waals surface area contributed by atoms with E-state index in [0.29, 0.717) is 18.7 Å². The highest BCUT2D eigenvalue weighted by Crippen LogP contribution is 2.27. The molecule has 2 aromatic rings. The van der Waals surface area contributed by atoms with Crippen molar-refractivity contribution < 1.29 is 5.11 Å². The molecule has 2 N–H and O–H groups in total. The molecular formula is C18H16N2O. The van der Waals surface area contributed by atoms with Gasteiger partial charge in [-0.1, -0.05) is 17.8 Å². The average Bonchev–Trinajstić information content (AvgIpc) is 2.86. The molecule has 0 bridgehead atoms. The summed E-state index contributed by atoms with van der Waals surface area (Å²) >= 11 is 0. The van der Waals surface area contributed by atoms with Crippen LogP contribution in [0.15, 0.2) is 18.3 Å². The van der Waals surface area contributed by atoms with Crippen LogP contribution in [0.4, 0.5) is 0 Å². The summed E-state index contributed by atoms with van der Waals surface area (Å²) in [5.41, 5.74) is 2.50. The van der Waals surface area contributed by atoms with Crippen molar-refractivity contribution in [3.8, 4) is 42.8 Å². The molecular weight excluding hydrogens is 260 g/mol. The van der Waals surface area contributed by atoms with Gasteiger partial charge in [-0.15, -0.1) is 19.3 Å². The Hall–Kier alpha value is -2.80. The maximum absolute atomic E-state index is 9.88. The monoisotopic (exact) mass is 276 g/mol. The summed E-state index contributed by atoms with van der Waals surface area (Å²) in [6.07, 6.45) is 18.7. The minimum atomic E-state index is 0.120. The fourth-order valence-electron chi connectivity index (χ4n) is 2.29. The summed E-state index contributed by atoms with van der Waals surface area (Å²) in [6.45, 7) is 1.82. The van der Waals surface area contributed by atoms with Gasteiger partial charge in [0.05, 0.1) is 18.7 Å². The zero-order chi connectivity index (χ0) is 15.2. The number of phenols is 1. The van der Waals surface area contributed by atoms with Crippen LogP contribution in [0.1, 0.15) is 11.1 Å². The zero-order valence-electron chi connectivity index (χ0n) is 11.7. The summed E-state index contributed by atoms with van der Waals surface area (Å²) in [5, 5.41) is 10.8. The van der Waals surface area contributed by atoms with E-state index in [2.05, 4.69) is 22.7 Å². The molecule has 0 aliphatic carbocycles. The maximum atomic E-state index is 9.88. The lowest BCUT2D eigenvalue weighted by Gasteiger charge is -2.16. The molecule has 2 rings (SSSR count). The van der Waals surface area contributed by atoms with Gasteiger partial charge in [0.2, 0.25) is 0 Å². The number of phenolic OH excluding ortho intramolecular Hbond substituents is 1. The molecule has 21 heavy (non-hydrogen) atoms. The molecule has 0 spiro atoms. The molecule has 1 heterocycles. The van der Waals surface area contributed by atoms with Gasteiger partial charge in [-0.05, 0) is 24.1 Å². The van der Waals surface area contributed by atoms with E-state index in [-0.39, 0.29) is 5.75 Å². The summed E-state index contributed by atoms with van der Waals surface area (Å²) in [4.78, 5) is 5.19. The molecule has 104 valence electrons. The Morgan fingerprint density at radius 2 is 1.86 bits per heavy atom. The highest BCUT2D eigenvalue weighted by molar-refractivity contribution is 5.86. The van der Waals surface area contributed by atoms with Crippen molar-refractivity contribution in [3.63, 3.8) is 0 Å². The fraction of sp³-hybridized carbons (Fsp3) is 0.222. The molecule has 0 aliphatic rings. The normalized spacial score (nSPS) is 10.2. The van der Waals surface area contributed by atoms with E-state index in [0.717, 1.165) is 29.4 Å². The van der Waals surface area contributed by atoms with Crippen LogP contribution in [0.25, 0.3) is 10.9 Å². The number of hydrogen-bond donors (Lipinski definition) is 2. The highest BCUT2D eigenvalue weighted by Gasteiger charge is 2.09. The van der Waals surface area contributed by atoms with E-state index in [1.54, 1.807) is 12.1 Å². The standard InChI is InChI=1S/C18H16N2O/c1-4-8-20(9-5-2)10-7-15-13-19-17-11-14(6-3)18(21)12-16(15)17/h1-3,11-13,19,21H,7-10H2. The van der Waals surface area contributed by atoms with E-state index in [9.17, 15) is 5.11 Å². The van der Waals surface area contributed by atoms with Gasteiger partial charge >= 0.3 is 0 Å². The van der Waals surface area contributed by atoms with Gasteiger partial charge in [0.1, 0.15) is 5.75 Å². The quantitative estimate of drug-likeness (QED) is 0.820. The number of nitrogens with zero attached hydrogens (tertiary/aromatic N) is 1. The SMILES string of the molecule is C#CCN(CC#C)CCc1c[nH]c2cc(C#C)c(O)cc12. The number of aromatic amines is 1. The van der Waals surface area contributed by atoms with E-state index in [1.165, 1.54) is 0 Å². The van der Waals surface area contributed by atoms with Gasteiger partial charge in [-0.25, -0.2) is 0 Å². The summed E-state index contributed by atoms with van der Waals surface area (Å²) in [6, 6.07) is 3.47. The minimum Gasteiger partial charge on any atom is -0.507 e. The molecule has 0 unspecified atom stereocenters. The van der Waals surface area contributed by atoms with Crippen LogP contribution in [-0.4, -0.2) is 34.6 Å². The number of terminal acetylenes is 3. The van der Waals surface area contributed by atoms with E-state index < -0.39 is 0 Å². The lowest BCUT2D eigenvalue weighted by atomic mass is 10.1. The van der Waals surface area contributed by atoms with Crippen LogP contribution in [0.3, 0.4) is 0 Å². The van der Waals surface area contributed by atoms with Gasteiger partial charge in [0, 0.05) is 23.6 Å². The Morgan fingerprint density at radius 3 is 2.48 bits per heavy atom. The van der Waals surface area contributed by atoms with Crippen LogP contribution >= 0.6 is 0 Å². The van der Waals surface area contributed by atoms with Crippen molar-refractivity contribution >= 4 is 10.9 Å². The summed E-state index contributed by atoms with van der Waals surface area (Å²) in [5.74, 6) is 7.79. The summed E-state index contributed by atoms with van der Waals surface area (Å²) in [7, 11) is 0. The first-order chi connectivity index (χ1) is 10.2. The largest absolute Gasteiger partial charge is 0.507 e. The van der Waals surface area contributed by atoms with Gasteiger partial charge < -0.3 is 10.1 Å². The molecule has 1 aromatic carbocycles. The number of nitrogens with one attached hydrogen (secondary N) is 1. The Balaban J connectivity index is 2.20. The van der Waals surface area contributed by atoms with Gasteiger partial charge in [0.25, 0.3) is 0 Å². The van der Waals surface area contributed by atoms with Crippen molar-refractivity contribution in [2.75, 3.05) is 19.6 Å². The van der Waals surface area contributed by atoms with Crippen LogP contribution in [0, 0.1) is 37.0 Å². The minimum absolute atomic E-state index is 0.120. The maximum Gasteiger partial charge on any atom is 0.131 e. The van der Waals surface area contributed by atoms with E-state index in [1.807, 2.05) is 11.1 Å². The van der Waals surface area contributed by atoms with Gasteiger partial charge in [-0.3, -0.25) is 4.90 Å². The Bertz CT molecular complexity index is 749. The van der Waals surface area contributed by atoms with Crippen molar-refractivity contribution in [1.29, 1.82) is 0 Å². The number of aromatic hydroxyl groups is 1. The van der Waals surface area contributed by atoms with Crippen LogP contribution in [-0.2, 0) is 6.42 Å².